The quantitative estimate of drug-likeness (QED) is 0.742. The molecule has 1 amide bonds. The molecular weight excluding hydrogens is 328 g/mol. The summed E-state index contributed by atoms with van der Waals surface area (Å²) in [5.41, 5.74) is 1.88. The van der Waals surface area contributed by atoms with Gasteiger partial charge in [0.05, 0.1) is 17.5 Å². The molecule has 1 heterocycles. The van der Waals surface area contributed by atoms with Crippen molar-refractivity contribution >= 4 is 34.2 Å². The second-order valence-electron chi connectivity index (χ2n) is 5.66. The van der Waals surface area contributed by atoms with Gasteiger partial charge < -0.3 is 14.6 Å². The first-order chi connectivity index (χ1) is 11.5. The van der Waals surface area contributed by atoms with E-state index in [1.165, 1.54) is 0 Å². The molecule has 2 aromatic carbocycles. The van der Waals surface area contributed by atoms with Crippen LogP contribution in [-0.4, -0.2) is 17.2 Å². The smallest absolute Gasteiger partial charge is 0.230 e. The Labute approximate surface area is 144 Å². The van der Waals surface area contributed by atoms with Gasteiger partial charge in [-0.2, -0.15) is 0 Å². The molecule has 1 aromatic heterocycles. The van der Waals surface area contributed by atoms with Crippen LogP contribution in [0.15, 0.2) is 47.0 Å². The molecule has 5 nitrogen and oxygen atoms in total. The monoisotopic (exact) mass is 344 g/mol. The number of ether oxygens (including phenoxy) is 1. The van der Waals surface area contributed by atoms with Crippen LogP contribution in [0.5, 0.6) is 5.75 Å². The maximum absolute atomic E-state index is 12.2. The van der Waals surface area contributed by atoms with E-state index in [-0.39, 0.29) is 18.4 Å². The molecule has 24 heavy (non-hydrogen) atoms. The molecule has 124 valence electrons. The zero-order valence-corrected chi connectivity index (χ0v) is 14.1. The Morgan fingerprint density at radius 1 is 1.29 bits per heavy atom. The first kappa shape index (κ1) is 16.3. The lowest BCUT2D eigenvalue weighted by Gasteiger charge is -2.12. The second kappa shape index (κ2) is 6.93. The number of nitrogens with one attached hydrogen (secondary N) is 1. The van der Waals surface area contributed by atoms with Crippen LogP contribution in [0.2, 0.25) is 5.02 Å². The van der Waals surface area contributed by atoms with Crippen molar-refractivity contribution in [2.75, 3.05) is 5.32 Å². The molecule has 0 atom stereocenters. The van der Waals surface area contributed by atoms with Crippen LogP contribution in [0.25, 0.3) is 11.0 Å². The Bertz CT molecular complexity index is 874. The van der Waals surface area contributed by atoms with E-state index in [0.29, 0.717) is 27.7 Å². The standard InChI is InChI=1S/C18H17ClN2O3/c1-11(2)23-17-8-7-12(9-14(17)19)20-18(22)10-15-13-5-3-4-6-16(13)24-21-15/h3-9,11H,10H2,1-2H3,(H,20,22). The van der Waals surface area contributed by atoms with Gasteiger partial charge in [0.2, 0.25) is 5.91 Å². The van der Waals surface area contributed by atoms with Gasteiger partial charge in [-0.25, -0.2) is 0 Å². The highest BCUT2D eigenvalue weighted by molar-refractivity contribution is 6.32. The molecule has 0 aliphatic heterocycles. The summed E-state index contributed by atoms with van der Waals surface area (Å²) in [4.78, 5) is 12.2. The van der Waals surface area contributed by atoms with Crippen molar-refractivity contribution in [2.45, 2.75) is 26.4 Å². The third-order valence-corrected chi connectivity index (χ3v) is 3.65. The van der Waals surface area contributed by atoms with Crippen molar-refractivity contribution in [3.63, 3.8) is 0 Å². The molecular formula is C18H17ClN2O3. The largest absolute Gasteiger partial charge is 0.489 e. The zero-order valence-electron chi connectivity index (χ0n) is 13.4. The normalized spacial score (nSPS) is 11.0. The summed E-state index contributed by atoms with van der Waals surface area (Å²) in [6.07, 6.45) is 0.155. The van der Waals surface area contributed by atoms with Crippen molar-refractivity contribution < 1.29 is 14.1 Å². The van der Waals surface area contributed by atoms with Gasteiger partial charge in [0.25, 0.3) is 0 Å². The van der Waals surface area contributed by atoms with Crippen LogP contribution < -0.4 is 10.1 Å². The topological polar surface area (TPSA) is 64.4 Å². The third-order valence-electron chi connectivity index (χ3n) is 3.36. The van der Waals surface area contributed by atoms with Crippen LogP contribution >= 0.6 is 11.6 Å². The molecule has 3 rings (SSSR count). The maximum atomic E-state index is 12.2. The molecule has 0 fully saturated rings. The molecule has 0 unspecified atom stereocenters. The van der Waals surface area contributed by atoms with Crippen molar-refractivity contribution in [3.05, 3.63) is 53.2 Å². The number of benzene rings is 2. The Morgan fingerprint density at radius 3 is 2.83 bits per heavy atom. The fourth-order valence-electron chi connectivity index (χ4n) is 2.35. The number of para-hydroxylation sites is 1. The van der Waals surface area contributed by atoms with Crippen LogP contribution in [0.4, 0.5) is 5.69 Å². The number of nitrogens with zero attached hydrogens (tertiary/aromatic N) is 1. The molecule has 0 spiro atoms. The summed E-state index contributed by atoms with van der Waals surface area (Å²) in [5.74, 6) is 0.398. The van der Waals surface area contributed by atoms with Gasteiger partial charge in [0.1, 0.15) is 11.4 Å². The summed E-state index contributed by atoms with van der Waals surface area (Å²) in [7, 11) is 0. The third kappa shape index (κ3) is 3.68. The van der Waals surface area contributed by atoms with E-state index < -0.39 is 0 Å². The lowest BCUT2D eigenvalue weighted by molar-refractivity contribution is -0.115. The zero-order chi connectivity index (χ0) is 17.1. The SMILES string of the molecule is CC(C)Oc1ccc(NC(=O)Cc2noc3ccccc23)cc1Cl. The summed E-state index contributed by atoms with van der Waals surface area (Å²) in [6.45, 7) is 3.85. The molecule has 6 heteroatoms. The minimum Gasteiger partial charge on any atom is -0.489 e. The van der Waals surface area contributed by atoms with Gasteiger partial charge in [0, 0.05) is 11.1 Å². The maximum Gasteiger partial charge on any atom is 0.230 e. The summed E-state index contributed by atoms with van der Waals surface area (Å²) < 4.78 is 10.8. The Kier molecular flexibility index (Phi) is 4.71. The lowest BCUT2D eigenvalue weighted by atomic mass is 10.1. The number of hydrogen-bond acceptors (Lipinski definition) is 4. The van der Waals surface area contributed by atoms with Crippen LogP contribution in [0, 0.1) is 0 Å². The number of fused-ring (bicyclic) bond motifs is 1. The molecule has 0 aliphatic carbocycles. The predicted molar refractivity (Wildman–Crippen MR) is 93.6 cm³/mol. The summed E-state index contributed by atoms with van der Waals surface area (Å²) >= 11 is 6.17. The number of anilines is 1. The number of hydrogen-bond donors (Lipinski definition) is 1. The van der Waals surface area contributed by atoms with E-state index in [2.05, 4.69) is 10.5 Å². The molecule has 3 aromatic rings. The van der Waals surface area contributed by atoms with E-state index in [1.54, 1.807) is 18.2 Å². The second-order valence-corrected chi connectivity index (χ2v) is 6.07. The van der Waals surface area contributed by atoms with Gasteiger partial charge >= 0.3 is 0 Å². The lowest BCUT2D eigenvalue weighted by Crippen LogP contribution is -2.15. The minimum absolute atomic E-state index is 0.0309. The van der Waals surface area contributed by atoms with Gasteiger partial charge in [-0.1, -0.05) is 28.9 Å². The Balaban J connectivity index is 1.70. The highest BCUT2D eigenvalue weighted by Crippen LogP contribution is 2.28. The Hall–Kier alpha value is -2.53. The number of carbonyl (C=O) groups is 1. The summed E-state index contributed by atoms with van der Waals surface area (Å²) in [6, 6.07) is 12.6. The van der Waals surface area contributed by atoms with Gasteiger partial charge in [-0.15, -0.1) is 0 Å². The van der Waals surface area contributed by atoms with Crippen molar-refractivity contribution in [2.24, 2.45) is 0 Å². The average molecular weight is 345 g/mol. The molecule has 0 saturated carbocycles. The Morgan fingerprint density at radius 2 is 2.08 bits per heavy atom. The van der Waals surface area contributed by atoms with E-state index >= 15 is 0 Å². The fourth-order valence-corrected chi connectivity index (χ4v) is 2.58. The highest BCUT2D eigenvalue weighted by atomic mass is 35.5. The number of halogens is 1. The van der Waals surface area contributed by atoms with E-state index in [9.17, 15) is 4.79 Å². The van der Waals surface area contributed by atoms with Gasteiger partial charge in [0.15, 0.2) is 5.58 Å². The van der Waals surface area contributed by atoms with E-state index in [1.807, 2.05) is 38.1 Å². The highest BCUT2D eigenvalue weighted by Gasteiger charge is 2.13. The molecule has 0 radical (unpaired) electrons. The van der Waals surface area contributed by atoms with E-state index in [0.717, 1.165) is 5.39 Å². The average Bonchev–Trinajstić information content (AvgIpc) is 2.93. The first-order valence-electron chi connectivity index (χ1n) is 7.62. The first-order valence-corrected chi connectivity index (χ1v) is 8.00. The number of carbonyl (C=O) groups excluding carboxylic acids is 1. The van der Waals surface area contributed by atoms with Crippen LogP contribution in [0.3, 0.4) is 0 Å². The van der Waals surface area contributed by atoms with E-state index in [4.69, 9.17) is 20.9 Å². The molecule has 1 N–H and O–H groups in total. The summed E-state index contributed by atoms with van der Waals surface area (Å²) in [5, 5.41) is 8.06. The number of amides is 1. The predicted octanol–water partition coefficient (Wildman–Crippen LogP) is 4.45. The fraction of sp³-hybridized carbons (Fsp3) is 0.222. The van der Waals surface area contributed by atoms with Gasteiger partial charge in [-0.3, -0.25) is 4.79 Å². The van der Waals surface area contributed by atoms with Crippen molar-refractivity contribution in [3.8, 4) is 5.75 Å². The van der Waals surface area contributed by atoms with Crippen molar-refractivity contribution in [1.82, 2.24) is 5.16 Å². The molecule has 0 saturated heterocycles. The number of rotatable bonds is 5. The number of aromatic nitrogens is 1. The van der Waals surface area contributed by atoms with Crippen LogP contribution in [0.1, 0.15) is 19.5 Å². The van der Waals surface area contributed by atoms with Crippen LogP contribution in [-0.2, 0) is 11.2 Å². The minimum atomic E-state index is -0.192. The molecule has 0 aliphatic rings. The van der Waals surface area contributed by atoms with Crippen molar-refractivity contribution in [1.29, 1.82) is 0 Å². The molecule has 0 bridgehead atoms. The van der Waals surface area contributed by atoms with Gasteiger partial charge in [-0.05, 0) is 44.2 Å².